The quantitative estimate of drug-likeness (QED) is 0.776. The molecule has 1 atom stereocenters. The van der Waals surface area contributed by atoms with Crippen molar-refractivity contribution < 1.29 is 14.7 Å². The predicted octanol–water partition coefficient (Wildman–Crippen LogP) is 0.771. The molecule has 1 unspecified atom stereocenters. The second-order valence-electron chi connectivity index (χ2n) is 9.21. The molecule has 158 valence electrons. The normalized spacial score (nSPS) is 24.1. The average molecular weight is 402 g/mol. The summed E-state index contributed by atoms with van der Waals surface area (Å²) in [6.45, 7) is 6.63. The second kappa shape index (κ2) is 7.55. The Morgan fingerprint density at radius 3 is 2.66 bits per heavy atom. The van der Waals surface area contributed by atoms with E-state index in [1.54, 1.807) is 11.9 Å². The molecule has 3 aliphatic rings. The van der Waals surface area contributed by atoms with Crippen LogP contribution in [0.25, 0.3) is 0 Å². The van der Waals surface area contributed by atoms with Gasteiger partial charge in [0.2, 0.25) is 5.91 Å². The number of carbonyl (C=O) groups excluding carboxylic acids is 2. The van der Waals surface area contributed by atoms with Crippen molar-refractivity contribution in [2.75, 3.05) is 38.1 Å². The van der Waals surface area contributed by atoms with E-state index in [1.807, 2.05) is 0 Å². The number of aliphatic hydroxyl groups excluding tert-OH is 1. The standard InChI is InChI=1S/C21H31N5O3/c1-13(2)10-16-23-17-15(4-7-22-19(17)28)18(24-16)26-8-5-21(6-9-26)11-14(27)12-25(3)20(21)29/h13-14,27H,4-12H2,1-3H3,(H,22,28). The van der Waals surface area contributed by atoms with Gasteiger partial charge in [-0.1, -0.05) is 13.8 Å². The Morgan fingerprint density at radius 1 is 1.24 bits per heavy atom. The van der Waals surface area contributed by atoms with Gasteiger partial charge in [-0.25, -0.2) is 9.97 Å². The van der Waals surface area contributed by atoms with Crippen LogP contribution in [0.2, 0.25) is 0 Å². The first-order chi connectivity index (χ1) is 13.8. The third kappa shape index (κ3) is 3.70. The Hall–Kier alpha value is -2.22. The van der Waals surface area contributed by atoms with Gasteiger partial charge in [0.05, 0.1) is 11.5 Å². The van der Waals surface area contributed by atoms with Crippen molar-refractivity contribution in [3.8, 4) is 0 Å². The van der Waals surface area contributed by atoms with Crippen molar-refractivity contribution >= 4 is 17.6 Å². The van der Waals surface area contributed by atoms with Gasteiger partial charge in [0.15, 0.2) is 0 Å². The Balaban J connectivity index is 1.62. The third-order valence-corrected chi connectivity index (χ3v) is 6.43. The van der Waals surface area contributed by atoms with Crippen LogP contribution in [0.15, 0.2) is 0 Å². The van der Waals surface area contributed by atoms with Crippen molar-refractivity contribution in [3.63, 3.8) is 0 Å². The number of carbonyl (C=O) groups is 2. The number of β-amino-alcohol motifs (C(OH)–C–C–N with tert-alkyl or cyclic N) is 1. The summed E-state index contributed by atoms with van der Waals surface area (Å²) < 4.78 is 0. The number of nitrogens with zero attached hydrogens (tertiary/aromatic N) is 4. The molecule has 2 fully saturated rings. The fraction of sp³-hybridized carbons (Fsp3) is 0.714. The number of aromatic nitrogens is 2. The Labute approximate surface area is 171 Å². The predicted molar refractivity (Wildman–Crippen MR) is 109 cm³/mol. The van der Waals surface area contributed by atoms with E-state index >= 15 is 0 Å². The fourth-order valence-electron chi connectivity index (χ4n) is 5.01. The number of fused-ring (bicyclic) bond motifs is 1. The number of piperidine rings is 2. The summed E-state index contributed by atoms with van der Waals surface area (Å²) in [5.74, 6) is 1.98. The van der Waals surface area contributed by atoms with Crippen LogP contribution in [-0.4, -0.2) is 71.1 Å². The highest BCUT2D eigenvalue weighted by Gasteiger charge is 2.48. The number of hydrogen-bond donors (Lipinski definition) is 2. The molecule has 1 spiro atoms. The lowest BCUT2D eigenvalue weighted by Gasteiger charge is -2.47. The van der Waals surface area contributed by atoms with E-state index < -0.39 is 11.5 Å². The highest BCUT2D eigenvalue weighted by Crippen LogP contribution is 2.42. The topological polar surface area (TPSA) is 98.7 Å². The van der Waals surface area contributed by atoms with Crippen molar-refractivity contribution in [1.29, 1.82) is 0 Å². The minimum Gasteiger partial charge on any atom is -0.391 e. The summed E-state index contributed by atoms with van der Waals surface area (Å²) in [4.78, 5) is 38.6. The largest absolute Gasteiger partial charge is 0.391 e. The van der Waals surface area contributed by atoms with Gasteiger partial charge in [-0.05, 0) is 31.6 Å². The van der Waals surface area contributed by atoms with Gasteiger partial charge in [0.25, 0.3) is 5.91 Å². The number of hydrogen-bond acceptors (Lipinski definition) is 6. The lowest BCUT2D eigenvalue weighted by atomic mass is 9.71. The highest BCUT2D eigenvalue weighted by molar-refractivity contribution is 5.96. The Morgan fingerprint density at radius 2 is 1.97 bits per heavy atom. The van der Waals surface area contributed by atoms with E-state index in [2.05, 4.69) is 29.0 Å². The molecule has 0 aromatic carbocycles. The van der Waals surface area contributed by atoms with Crippen LogP contribution in [0.1, 0.15) is 55.0 Å². The van der Waals surface area contributed by atoms with E-state index in [0.29, 0.717) is 62.9 Å². The van der Waals surface area contributed by atoms with Gasteiger partial charge in [-0.3, -0.25) is 9.59 Å². The minimum atomic E-state index is -0.478. The van der Waals surface area contributed by atoms with Gasteiger partial charge >= 0.3 is 0 Å². The second-order valence-corrected chi connectivity index (χ2v) is 9.21. The number of likely N-dealkylation sites (tertiary alicyclic amines) is 1. The van der Waals surface area contributed by atoms with E-state index in [0.717, 1.165) is 24.2 Å². The van der Waals surface area contributed by atoms with Crippen molar-refractivity contribution in [2.45, 2.75) is 52.1 Å². The molecule has 4 rings (SSSR count). The maximum absolute atomic E-state index is 12.9. The van der Waals surface area contributed by atoms with E-state index in [-0.39, 0.29) is 11.8 Å². The number of amides is 2. The monoisotopic (exact) mass is 401 g/mol. The van der Waals surface area contributed by atoms with E-state index in [4.69, 9.17) is 4.98 Å². The fourth-order valence-corrected chi connectivity index (χ4v) is 5.01. The van der Waals surface area contributed by atoms with Gasteiger partial charge in [0, 0.05) is 45.2 Å². The van der Waals surface area contributed by atoms with Gasteiger partial charge in [0.1, 0.15) is 17.3 Å². The summed E-state index contributed by atoms with van der Waals surface area (Å²) in [5.41, 5.74) is 0.944. The number of aliphatic hydroxyl groups is 1. The molecule has 0 saturated carbocycles. The summed E-state index contributed by atoms with van der Waals surface area (Å²) in [7, 11) is 1.77. The molecule has 0 bridgehead atoms. The lowest BCUT2D eigenvalue weighted by molar-refractivity contribution is -0.152. The minimum absolute atomic E-state index is 0.124. The zero-order valence-corrected chi connectivity index (χ0v) is 17.6. The molecular weight excluding hydrogens is 370 g/mol. The molecule has 4 heterocycles. The van der Waals surface area contributed by atoms with Crippen LogP contribution in [0, 0.1) is 11.3 Å². The molecule has 2 saturated heterocycles. The molecule has 1 aromatic rings. The molecule has 8 heteroatoms. The van der Waals surface area contributed by atoms with Gasteiger partial charge < -0.3 is 20.2 Å². The van der Waals surface area contributed by atoms with Crippen molar-refractivity contribution in [2.24, 2.45) is 11.3 Å². The molecule has 3 aliphatic heterocycles. The molecular formula is C21H31N5O3. The number of rotatable bonds is 3. The molecule has 8 nitrogen and oxygen atoms in total. The van der Waals surface area contributed by atoms with Gasteiger partial charge in [-0.2, -0.15) is 0 Å². The smallest absolute Gasteiger partial charge is 0.270 e. The summed E-state index contributed by atoms with van der Waals surface area (Å²) in [5, 5.41) is 13.1. The molecule has 0 radical (unpaired) electrons. The first-order valence-corrected chi connectivity index (χ1v) is 10.7. The lowest BCUT2D eigenvalue weighted by Crippen LogP contribution is -2.56. The SMILES string of the molecule is CC(C)Cc1nc2c(c(N3CCC4(CC3)CC(O)CN(C)C4=O)n1)CCNC2=O. The van der Waals surface area contributed by atoms with Crippen LogP contribution in [0.3, 0.4) is 0 Å². The van der Waals surface area contributed by atoms with Crippen LogP contribution in [0.5, 0.6) is 0 Å². The maximum Gasteiger partial charge on any atom is 0.270 e. The third-order valence-electron chi connectivity index (χ3n) is 6.43. The molecule has 0 aliphatic carbocycles. The van der Waals surface area contributed by atoms with Crippen LogP contribution in [-0.2, 0) is 17.6 Å². The maximum atomic E-state index is 12.9. The molecule has 2 amide bonds. The first-order valence-electron chi connectivity index (χ1n) is 10.7. The molecule has 1 aromatic heterocycles. The number of anilines is 1. The van der Waals surface area contributed by atoms with Crippen molar-refractivity contribution in [3.05, 3.63) is 17.1 Å². The van der Waals surface area contributed by atoms with E-state index in [1.165, 1.54) is 0 Å². The summed E-state index contributed by atoms with van der Waals surface area (Å²) in [6, 6.07) is 0. The molecule has 29 heavy (non-hydrogen) atoms. The van der Waals surface area contributed by atoms with E-state index in [9.17, 15) is 14.7 Å². The van der Waals surface area contributed by atoms with Crippen LogP contribution >= 0.6 is 0 Å². The van der Waals surface area contributed by atoms with Crippen LogP contribution in [0.4, 0.5) is 5.82 Å². The number of nitrogens with one attached hydrogen (secondary N) is 1. The first kappa shape index (κ1) is 20.1. The molecule has 2 N–H and O–H groups in total. The number of likely N-dealkylation sites (N-methyl/N-ethyl adjacent to an activating group) is 1. The Bertz CT molecular complexity index is 817. The van der Waals surface area contributed by atoms with Crippen LogP contribution < -0.4 is 10.2 Å². The average Bonchev–Trinajstić information content (AvgIpc) is 2.66. The highest BCUT2D eigenvalue weighted by atomic mass is 16.3. The van der Waals surface area contributed by atoms with Gasteiger partial charge in [-0.15, -0.1) is 0 Å². The summed E-state index contributed by atoms with van der Waals surface area (Å²) in [6.07, 6.45) is 2.90. The zero-order valence-electron chi connectivity index (χ0n) is 17.6. The summed E-state index contributed by atoms with van der Waals surface area (Å²) >= 11 is 0. The Kier molecular flexibility index (Phi) is 5.23. The zero-order chi connectivity index (χ0) is 20.8. The van der Waals surface area contributed by atoms with Crippen molar-refractivity contribution in [1.82, 2.24) is 20.2 Å².